The van der Waals surface area contributed by atoms with Gasteiger partial charge in [0.2, 0.25) is 0 Å². The van der Waals surface area contributed by atoms with Gasteiger partial charge in [-0.25, -0.2) is 4.79 Å². The van der Waals surface area contributed by atoms with E-state index in [1.807, 2.05) is 30.3 Å². The molecular formula is C17H16O3. The fourth-order valence-corrected chi connectivity index (χ4v) is 2.90. The molecule has 0 saturated carbocycles. The number of rotatable bonds is 3. The van der Waals surface area contributed by atoms with Gasteiger partial charge in [-0.3, -0.25) is 0 Å². The van der Waals surface area contributed by atoms with Crippen LogP contribution in [0.5, 0.6) is 0 Å². The summed E-state index contributed by atoms with van der Waals surface area (Å²) in [6, 6.07) is 17.4. The predicted molar refractivity (Wildman–Crippen MR) is 76.1 cm³/mol. The van der Waals surface area contributed by atoms with E-state index in [-0.39, 0.29) is 11.8 Å². The first-order valence-electron chi connectivity index (χ1n) is 6.72. The molecule has 1 saturated heterocycles. The van der Waals surface area contributed by atoms with Crippen molar-refractivity contribution in [1.29, 1.82) is 0 Å². The van der Waals surface area contributed by atoms with E-state index in [4.69, 9.17) is 4.74 Å². The van der Waals surface area contributed by atoms with Crippen molar-refractivity contribution in [2.24, 2.45) is 0 Å². The van der Waals surface area contributed by atoms with E-state index < -0.39 is 5.97 Å². The molecule has 2 atom stereocenters. The molecule has 3 nitrogen and oxygen atoms in total. The first kappa shape index (κ1) is 12.9. The molecule has 2 aromatic rings. The molecule has 102 valence electrons. The summed E-state index contributed by atoms with van der Waals surface area (Å²) in [6.07, 6.45) is 0. The summed E-state index contributed by atoms with van der Waals surface area (Å²) in [7, 11) is 0. The Morgan fingerprint density at radius 2 is 1.60 bits per heavy atom. The molecule has 1 heterocycles. The predicted octanol–water partition coefficient (Wildman–Crippen LogP) is 3.28. The first-order valence-corrected chi connectivity index (χ1v) is 6.72. The van der Waals surface area contributed by atoms with Crippen molar-refractivity contribution in [3.63, 3.8) is 0 Å². The number of benzene rings is 2. The van der Waals surface area contributed by atoms with Crippen LogP contribution in [0.3, 0.4) is 0 Å². The van der Waals surface area contributed by atoms with E-state index in [0.717, 1.165) is 5.56 Å². The van der Waals surface area contributed by atoms with Crippen molar-refractivity contribution >= 4 is 5.97 Å². The van der Waals surface area contributed by atoms with Crippen molar-refractivity contribution < 1.29 is 14.6 Å². The van der Waals surface area contributed by atoms with Gasteiger partial charge in [-0.05, 0) is 17.2 Å². The molecule has 1 aliphatic rings. The van der Waals surface area contributed by atoms with Crippen molar-refractivity contribution in [2.75, 3.05) is 13.2 Å². The number of hydrogen-bond acceptors (Lipinski definition) is 2. The minimum Gasteiger partial charge on any atom is -0.478 e. The Bertz CT molecular complexity index is 607. The van der Waals surface area contributed by atoms with Crippen LogP contribution in [0.1, 0.15) is 33.3 Å². The first-order chi connectivity index (χ1) is 9.77. The molecule has 0 amide bonds. The van der Waals surface area contributed by atoms with Crippen LogP contribution in [-0.4, -0.2) is 24.3 Å². The molecule has 3 heteroatoms. The minimum absolute atomic E-state index is 0.102. The Kier molecular flexibility index (Phi) is 3.52. The fourth-order valence-electron chi connectivity index (χ4n) is 2.90. The quantitative estimate of drug-likeness (QED) is 0.929. The van der Waals surface area contributed by atoms with E-state index in [0.29, 0.717) is 18.8 Å². The highest BCUT2D eigenvalue weighted by Gasteiger charge is 2.33. The summed E-state index contributed by atoms with van der Waals surface area (Å²) in [4.78, 5) is 11.4. The molecule has 20 heavy (non-hydrogen) atoms. The smallest absolute Gasteiger partial charge is 0.335 e. The summed E-state index contributed by atoms with van der Waals surface area (Å²) in [5.74, 6) is -0.555. The molecule has 1 aliphatic heterocycles. The average Bonchev–Trinajstić information content (AvgIpc) is 2.97. The topological polar surface area (TPSA) is 46.5 Å². The standard InChI is InChI=1S/C17H16O3/c18-17(19)14-9-5-4-8-13(14)16-11-20-10-15(16)12-6-2-1-3-7-12/h1-9,15-16H,10-11H2,(H,18,19)/t15-,16+/m1/s1. The molecule has 0 bridgehead atoms. The monoisotopic (exact) mass is 268 g/mol. The van der Waals surface area contributed by atoms with Crippen LogP contribution in [0, 0.1) is 0 Å². The molecule has 0 radical (unpaired) electrons. The zero-order valence-corrected chi connectivity index (χ0v) is 11.0. The largest absolute Gasteiger partial charge is 0.478 e. The van der Waals surface area contributed by atoms with Crippen LogP contribution in [0.2, 0.25) is 0 Å². The maximum Gasteiger partial charge on any atom is 0.335 e. The Balaban J connectivity index is 1.99. The van der Waals surface area contributed by atoms with Gasteiger partial charge in [0.1, 0.15) is 0 Å². The van der Waals surface area contributed by atoms with Gasteiger partial charge in [0.05, 0.1) is 18.8 Å². The normalized spacial score (nSPS) is 21.8. The third kappa shape index (κ3) is 2.32. The number of aromatic carboxylic acids is 1. The SMILES string of the molecule is O=C(O)c1ccccc1[C@@H]1COC[C@@H]1c1ccccc1. The molecule has 1 fully saturated rings. The fraction of sp³-hybridized carbons (Fsp3) is 0.235. The second-order valence-electron chi connectivity index (χ2n) is 5.05. The van der Waals surface area contributed by atoms with Gasteiger partial charge in [0, 0.05) is 11.8 Å². The van der Waals surface area contributed by atoms with E-state index in [1.54, 1.807) is 12.1 Å². The highest BCUT2D eigenvalue weighted by Crippen LogP contribution is 2.39. The highest BCUT2D eigenvalue weighted by atomic mass is 16.5. The Morgan fingerprint density at radius 1 is 0.950 bits per heavy atom. The summed E-state index contributed by atoms with van der Waals surface area (Å²) in [5, 5.41) is 9.34. The van der Waals surface area contributed by atoms with E-state index >= 15 is 0 Å². The molecule has 3 rings (SSSR count). The van der Waals surface area contributed by atoms with E-state index in [1.165, 1.54) is 5.56 Å². The second kappa shape index (κ2) is 5.47. The van der Waals surface area contributed by atoms with Crippen LogP contribution in [0.25, 0.3) is 0 Å². The van der Waals surface area contributed by atoms with Crippen LogP contribution in [0.15, 0.2) is 54.6 Å². The lowest BCUT2D eigenvalue weighted by Gasteiger charge is -2.20. The Labute approximate surface area is 117 Å². The lowest BCUT2D eigenvalue weighted by atomic mass is 9.82. The van der Waals surface area contributed by atoms with Gasteiger partial charge >= 0.3 is 5.97 Å². The molecule has 0 spiro atoms. The maximum atomic E-state index is 11.4. The van der Waals surface area contributed by atoms with E-state index in [2.05, 4.69) is 12.1 Å². The maximum absolute atomic E-state index is 11.4. The van der Waals surface area contributed by atoms with Crippen molar-refractivity contribution in [3.05, 3.63) is 71.3 Å². The van der Waals surface area contributed by atoms with Gasteiger partial charge in [-0.1, -0.05) is 48.5 Å². The average molecular weight is 268 g/mol. The second-order valence-corrected chi connectivity index (χ2v) is 5.05. The van der Waals surface area contributed by atoms with Crippen molar-refractivity contribution in [1.82, 2.24) is 0 Å². The van der Waals surface area contributed by atoms with Crippen LogP contribution in [0.4, 0.5) is 0 Å². The van der Waals surface area contributed by atoms with Gasteiger partial charge in [-0.2, -0.15) is 0 Å². The van der Waals surface area contributed by atoms with Gasteiger partial charge in [0.25, 0.3) is 0 Å². The number of carbonyl (C=O) groups is 1. The van der Waals surface area contributed by atoms with Crippen LogP contribution >= 0.6 is 0 Å². The minimum atomic E-state index is -0.876. The molecule has 0 unspecified atom stereocenters. The zero-order valence-electron chi connectivity index (χ0n) is 11.0. The molecule has 0 aromatic heterocycles. The van der Waals surface area contributed by atoms with Crippen molar-refractivity contribution in [2.45, 2.75) is 11.8 Å². The van der Waals surface area contributed by atoms with Gasteiger partial charge in [-0.15, -0.1) is 0 Å². The molecular weight excluding hydrogens is 252 g/mol. The summed E-state index contributed by atoms with van der Waals surface area (Å²) < 4.78 is 5.62. The molecule has 2 aromatic carbocycles. The number of hydrogen-bond donors (Lipinski definition) is 1. The number of ether oxygens (including phenoxy) is 1. The summed E-state index contributed by atoms with van der Waals surface area (Å²) in [6.45, 7) is 1.21. The summed E-state index contributed by atoms with van der Waals surface area (Å²) in [5.41, 5.74) is 2.45. The lowest BCUT2D eigenvalue weighted by Crippen LogP contribution is -2.13. The third-order valence-electron chi connectivity index (χ3n) is 3.90. The number of carboxylic acid groups (broad SMARTS) is 1. The van der Waals surface area contributed by atoms with Crippen molar-refractivity contribution in [3.8, 4) is 0 Å². The van der Waals surface area contributed by atoms with Gasteiger partial charge < -0.3 is 9.84 Å². The molecule has 1 N–H and O–H groups in total. The zero-order chi connectivity index (χ0) is 13.9. The van der Waals surface area contributed by atoms with Gasteiger partial charge in [0.15, 0.2) is 0 Å². The van der Waals surface area contributed by atoms with E-state index in [9.17, 15) is 9.90 Å². The van der Waals surface area contributed by atoms with Crippen LogP contribution in [-0.2, 0) is 4.74 Å². The Morgan fingerprint density at radius 3 is 2.35 bits per heavy atom. The highest BCUT2D eigenvalue weighted by molar-refractivity contribution is 5.89. The number of carboxylic acids is 1. The summed E-state index contributed by atoms with van der Waals surface area (Å²) >= 11 is 0. The molecule has 0 aliphatic carbocycles. The Hall–Kier alpha value is -2.13. The van der Waals surface area contributed by atoms with Crippen LogP contribution < -0.4 is 0 Å². The third-order valence-corrected chi connectivity index (χ3v) is 3.90. The lowest BCUT2D eigenvalue weighted by molar-refractivity contribution is 0.0695.